The predicted molar refractivity (Wildman–Crippen MR) is 83.0 cm³/mol. The highest BCUT2D eigenvalue weighted by Gasteiger charge is 2.23. The maximum absolute atomic E-state index is 11.9. The Morgan fingerprint density at radius 3 is 2.48 bits per heavy atom. The molecule has 0 spiro atoms. The van der Waals surface area contributed by atoms with Gasteiger partial charge in [0.15, 0.2) is 5.70 Å². The van der Waals surface area contributed by atoms with Gasteiger partial charge in [-0.15, -0.1) is 0 Å². The number of cyclic esters (lactones) is 1. The molecule has 0 saturated heterocycles. The van der Waals surface area contributed by atoms with Gasteiger partial charge in [-0.25, -0.2) is 9.79 Å². The van der Waals surface area contributed by atoms with Crippen molar-refractivity contribution in [3.8, 4) is 0 Å². The Morgan fingerprint density at radius 2 is 1.76 bits per heavy atom. The predicted octanol–water partition coefficient (Wildman–Crippen LogP) is 3.65. The minimum absolute atomic E-state index is 0.329. The van der Waals surface area contributed by atoms with Crippen molar-refractivity contribution in [2.24, 2.45) is 4.99 Å². The van der Waals surface area contributed by atoms with E-state index in [1.807, 2.05) is 62.4 Å². The SMILES string of the molecule is Cc1ccc(/C=C2\N=C(c3cccc(C)c3)OC2=O)cc1. The van der Waals surface area contributed by atoms with E-state index in [4.69, 9.17) is 4.74 Å². The third kappa shape index (κ3) is 2.92. The first kappa shape index (κ1) is 13.3. The van der Waals surface area contributed by atoms with Gasteiger partial charge in [0, 0.05) is 5.56 Å². The maximum Gasteiger partial charge on any atom is 0.363 e. The van der Waals surface area contributed by atoms with Gasteiger partial charge in [-0.3, -0.25) is 0 Å². The van der Waals surface area contributed by atoms with Crippen LogP contribution in [0.15, 0.2) is 59.2 Å². The molecule has 3 nitrogen and oxygen atoms in total. The number of carbonyl (C=O) groups excluding carboxylic acids is 1. The Hall–Kier alpha value is -2.68. The van der Waals surface area contributed by atoms with Crippen molar-refractivity contribution >= 4 is 17.9 Å². The van der Waals surface area contributed by atoms with Crippen LogP contribution in [0.3, 0.4) is 0 Å². The Kier molecular flexibility index (Phi) is 3.40. The molecule has 21 heavy (non-hydrogen) atoms. The van der Waals surface area contributed by atoms with Crippen molar-refractivity contribution in [1.29, 1.82) is 0 Å². The van der Waals surface area contributed by atoms with Crippen LogP contribution in [0.4, 0.5) is 0 Å². The molecule has 3 heteroatoms. The van der Waals surface area contributed by atoms with E-state index in [0.717, 1.165) is 16.7 Å². The first-order chi connectivity index (χ1) is 10.1. The molecule has 2 aromatic rings. The summed E-state index contributed by atoms with van der Waals surface area (Å²) in [5, 5.41) is 0. The summed E-state index contributed by atoms with van der Waals surface area (Å²) < 4.78 is 5.25. The second-order valence-electron chi connectivity index (χ2n) is 5.12. The van der Waals surface area contributed by atoms with Gasteiger partial charge in [0.1, 0.15) is 0 Å². The molecule has 1 aliphatic heterocycles. The summed E-state index contributed by atoms with van der Waals surface area (Å²) in [5.41, 5.74) is 4.35. The molecule has 0 saturated carbocycles. The minimum atomic E-state index is -0.410. The van der Waals surface area contributed by atoms with E-state index in [9.17, 15) is 4.79 Å². The molecule has 0 atom stereocenters. The average Bonchev–Trinajstić information content (AvgIpc) is 2.83. The highest BCUT2D eigenvalue weighted by atomic mass is 16.6. The maximum atomic E-state index is 11.9. The van der Waals surface area contributed by atoms with E-state index < -0.39 is 5.97 Å². The molecular formula is C18H15NO2. The van der Waals surface area contributed by atoms with Crippen LogP contribution in [0, 0.1) is 13.8 Å². The molecule has 1 aliphatic rings. The fourth-order valence-electron chi connectivity index (χ4n) is 2.13. The molecule has 0 aliphatic carbocycles. The molecule has 0 fully saturated rings. The molecule has 0 N–H and O–H groups in total. The van der Waals surface area contributed by atoms with Crippen LogP contribution >= 0.6 is 0 Å². The normalized spacial score (nSPS) is 16.0. The number of hydrogen-bond donors (Lipinski definition) is 0. The Labute approximate surface area is 123 Å². The molecule has 0 aromatic heterocycles. The first-order valence-electron chi connectivity index (χ1n) is 6.78. The second-order valence-corrected chi connectivity index (χ2v) is 5.12. The third-order valence-corrected chi connectivity index (χ3v) is 3.27. The molecule has 0 bridgehead atoms. The number of nitrogens with zero attached hydrogens (tertiary/aromatic N) is 1. The zero-order valence-electron chi connectivity index (χ0n) is 12.0. The lowest BCUT2D eigenvalue weighted by molar-refractivity contribution is -0.129. The second kappa shape index (κ2) is 5.37. The lowest BCUT2D eigenvalue weighted by atomic mass is 10.1. The summed E-state index contributed by atoms with van der Waals surface area (Å²) in [7, 11) is 0. The molecule has 1 heterocycles. The highest BCUT2D eigenvalue weighted by molar-refractivity contribution is 6.12. The summed E-state index contributed by atoms with van der Waals surface area (Å²) in [6.45, 7) is 4.01. The van der Waals surface area contributed by atoms with Crippen LogP contribution in [0.5, 0.6) is 0 Å². The molecule has 0 amide bonds. The minimum Gasteiger partial charge on any atom is -0.402 e. The van der Waals surface area contributed by atoms with Crippen LogP contribution in [-0.4, -0.2) is 11.9 Å². The van der Waals surface area contributed by atoms with Crippen LogP contribution in [-0.2, 0) is 9.53 Å². The number of carbonyl (C=O) groups is 1. The van der Waals surface area contributed by atoms with Gasteiger partial charge in [0.25, 0.3) is 0 Å². The van der Waals surface area contributed by atoms with Gasteiger partial charge >= 0.3 is 5.97 Å². The van der Waals surface area contributed by atoms with Crippen molar-refractivity contribution in [3.63, 3.8) is 0 Å². The standard InChI is InChI=1S/C18H15NO2/c1-12-6-8-14(9-7-12)11-16-18(20)21-17(19-16)15-5-3-4-13(2)10-15/h3-11H,1-2H3/b16-11-. The number of esters is 1. The van der Waals surface area contributed by atoms with E-state index in [-0.39, 0.29) is 0 Å². The Bertz CT molecular complexity index is 755. The molecule has 0 radical (unpaired) electrons. The Balaban J connectivity index is 1.93. The molecule has 2 aromatic carbocycles. The Morgan fingerprint density at radius 1 is 1.00 bits per heavy atom. The number of aliphatic imine (C=N–C) groups is 1. The summed E-state index contributed by atoms with van der Waals surface area (Å²) in [6, 6.07) is 15.6. The number of benzene rings is 2. The quantitative estimate of drug-likeness (QED) is 0.621. The van der Waals surface area contributed by atoms with E-state index in [0.29, 0.717) is 11.6 Å². The van der Waals surface area contributed by atoms with Crippen LogP contribution in [0.1, 0.15) is 22.3 Å². The van der Waals surface area contributed by atoms with Crippen molar-refractivity contribution in [1.82, 2.24) is 0 Å². The highest BCUT2D eigenvalue weighted by Crippen LogP contribution is 2.19. The molecule has 0 unspecified atom stereocenters. The zero-order valence-corrected chi connectivity index (χ0v) is 12.0. The van der Waals surface area contributed by atoms with Crippen molar-refractivity contribution in [2.75, 3.05) is 0 Å². The fraction of sp³-hybridized carbons (Fsp3) is 0.111. The largest absolute Gasteiger partial charge is 0.402 e. The van der Waals surface area contributed by atoms with Gasteiger partial charge in [-0.05, 0) is 37.6 Å². The molecule has 104 valence electrons. The number of aryl methyl sites for hydroxylation is 2. The lowest BCUT2D eigenvalue weighted by Gasteiger charge is -1.99. The van der Waals surface area contributed by atoms with Crippen LogP contribution in [0.25, 0.3) is 6.08 Å². The average molecular weight is 277 g/mol. The van der Waals surface area contributed by atoms with Crippen LogP contribution in [0.2, 0.25) is 0 Å². The zero-order chi connectivity index (χ0) is 14.8. The summed E-state index contributed by atoms with van der Waals surface area (Å²) in [6.07, 6.45) is 1.74. The summed E-state index contributed by atoms with van der Waals surface area (Å²) in [4.78, 5) is 16.2. The first-order valence-corrected chi connectivity index (χ1v) is 6.78. The van der Waals surface area contributed by atoms with Gasteiger partial charge in [-0.1, -0.05) is 47.5 Å². The van der Waals surface area contributed by atoms with E-state index in [1.54, 1.807) is 6.08 Å². The van der Waals surface area contributed by atoms with E-state index >= 15 is 0 Å². The van der Waals surface area contributed by atoms with Crippen molar-refractivity contribution in [3.05, 3.63) is 76.5 Å². The molecular weight excluding hydrogens is 262 g/mol. The van der Waals surface area contributed by atoms with Gasteiger partial charge in [0.05, 0.1) is 0 Å². The smallest absolute Gasteiger partial charge is 0.363 e. The van der Waals surface area contributed by atoms with Crippen molar-refractivity contribution < 1.29 is 9.53 Å². The fourth-order valence-corrected chi connectivity index (χ4v) is 2.13. The summed E-state index contributed by atoms with van der Waals surface area (Å²) in [5.74, 6) is -0.0471. The topological polar surface area (TPSA) is 38.7 Å². The number of hydrogen-bond acceptors (Lipinski definition) is 3. The van der Waals surface area contributed by atoms with E-state index in [1.165, 1.54) is 5.56 Å². The molecule has 3 rings (SSSR count). The number of rotatable bonds is 2. The monoisotopic (exact) mass is 277 g/mol. The van der Waals surface area contributed by atoms with Gasteiger partial charge < -0.3 is 4.74 Å². The summed E-state index contributed by atoms with van der Waals surface area (Å²) >= 11 is 0. The lowest BCUT2D eigenvalue weighted by Crippen LogP contribution is -2.05. The van der Waals surface area contributed by atoms with Gasteiger partial charge in [0.2, 0.25) is 5.90 Å². The van der Waals surface area contributed by atoms with Crippen molar-refractivity contribution in [2.45, 2.75) is 13.8 Å². The van der Waals surface area contributed by atoms with Gasteiger partial charge in [-0.2, -0.15) is 0 Å². The van der Waals surface area contributed by atoms with Crippen LogP contribution < -0.4 is 0 Å². The number of ether oxygens (including phenoxy) is 1. The van der Waals surface area contributed by atoms with E-state index in [2.05, 4.69) is 4.99 Å². The third-order valence-electron chi connectivity index (χ3n) is 3.27.